The molecule has 7 heteroatoms. The molecule has 0 radical (unpaired) electrons. The minimum absolute atomic E-state index is 0. The Labute approximate surface area is 140 Å². The molecule has 1 saturated carbocycles. The van der Waals surface area contributed by atoms with Gasteiger partial charge in [-0.1, -0.05) is 0 Å². The summed E-state index contributed by atoms with van der Waals surface area (Å²) >= 11 is 0. The zero-order valence-electron chi connectivity index (χ0n) is 13.0. The molecule has 0 aromatic carbocycles. The SMILES string of the molecule is CN(C)C1(CNC(=O)CNCC2CC2)CCOCC1.Cl.Cl. The molecule has 1 amide bonds. The maximum atomic E-state index is 11.8. The van der Waals surface area contributed by atoms with E-state index in [-0.39, 0.29) is 36.3 Å². The van der Waals surface area contributed by atoms with Crippen molar-refractivity contribution >= 4 is 30.7 Å². The van der Waals surface area contributed by atoms with Crippen LogP contribution in [0, 0.1) is 5.92 Å². The molecule has 1 aliphatic heterocycles. The summed E-state index contributed by atoms with van der Waals surface area (Å²) in [6.07, 6.45) is 4.60. The number of halogens is 2. The smallest absolute Gasteiger partial charge is 0.234 e. The first-order chi connectivity index (χ1) is 9.12. The Morgan fingerprint density at radius 1 is 1.24 bits per heavy atom. The highest BCUT2D eigenvalue weighted by atomic mass is 35.5. The van der Waals surface area contributed by atoms with Crippen LogP contribution in [0.15, 0.2) is 0 Å². The standard InChI is InChI=1S/C14H27N3O2.2ClH/c1-17(2)14(5-7-19-8-6-14)11-16-13(18)10-15-9-12-3-4-12;;/h12,15H,3-11H2,1-2H3,(H,16,18);2*1H. The predicted octanol–water partition coefficient (Wildman–Crippen LogP) is 1.06. The van der Waals surface area contributed by atoms with Crippen molar-refractivity contribution in [2.45, 2.75) is 31.2 Å². The van der Waals surface area contributed by atoms with Gasteiger partial charge in [-0.05, 0) is 52.2 Å². The van der Waals surface area contributed by atoms with E-state index in [9.17, 15) is 4.79 Å². The second-order valence-electron chi connectivity index (χ2n) is 6.08. The summed E-state index contributed by atoms with van der Waals surface area (Å²) in [6.45, 7) is 3.71. The van der Waals surface area contributed by atoms with E-state index in [1.807, 2.05) is 0 Å². The molecule has 0 atom stereocenters. The maximum absolute atomic E-state index is 11.8. The minimum Gasteiger partial charge on any atom is -0.381 e. The van der Waals surface area contributed by atoms with Gasteiger partial charge in [0.05, 0.1) is 6.54 Å². The van der Waals surface area contributed by atoms with Crippen LogP contribution in [0.2, 0.25) is 0 Å². The van der Waals surface area contributed by atoms with Crippen molar-refractivity contribution in [2.75, 3.05) is 46.9 Å². The summed E-state index contributed by atoms with van der Waals surface area (Å²) < 4.78 is 5.43. The fraction of sp³-hybridized carbons (Fsp3) is 0.929. The minimum atomic E-state index is 0. The average molecular weight is 342 g/mol. The quantitative estimate of drug-likeness (QED) is 0.726. The first-order valence-electron chi connectivity index (χ1n) is 7.35. The van der Waals surface area contributed by atoms with Crippen LogP contribution in [0.3, 0.4) is 0 Å². The molecule has 0 bridgehead atoms. The topological polar surface area (TPSA) is 53.6 Å². The van der Waals surface area contributed by atoms with Gasteiger partial charge < -0.3 is 20.3 Å². The van der Waals surface area contributed by atoms with Crippen molar-refractivity contribution < 1.29 is 9.53 Å². The van der Waals surface area contributed by atoms with E-state index in [0.717, 1.165) is 38.5 Å². The van der Waals surface area contributed by atoms with Crippen LogP contribution in [0.5, 0.6) is 0 Å². The third-order valence-electron chi connectivity index (χ3n) is 4.40. The first kappa shape index (κ1) is 20.9. The molecule has 0 unspecified atom stereocenters. The molecule has 2 aliphatic rings. The van der Waals surface area contributed by atoms with Crippen LogP contribution < -0.4 is 10.6 Å². The summed E-state index contributed by atoms with van der Waals surface area (Å²) in [5.74, 6) is 0.921. The number of rotatable bonds is 7. The van der Waals surface area contributed by atoms with Crippen molar-refractivity contribution in [3.8, 4) is 0 Å². The Morgan fingerprint density at radius 3 is 2.38 bits per heavy atom. The average Bonchev–Trinajstić information content (AvgIpc) is 3.21. The highest BCUT2D eigenvalue weighted by Gasteiger charge is 2.35. The molecule has 21 heavy (non-hydrogen) atoms. The molecule has 0 spiro atoms. The third kappa shape index (κ3) is 6.70. The Bertz CT molecular complexity index is 307. The van der Waals surface area contributed by atoms with Crippen molar-refractivity contribution in [3.05, 3.63) is 0 Å². The molecule has 0 aromatic rings. The highest BCUT2D eigenvalue weighted by molar-refractivity contribution is 5.85. The molecule has 2 fully saturated rings. The van der Waals surface area contributed by atoms with E-state index in [4.69, 9.17) is 4.74 Å². The van der Waals surface area contributed by atoms with Crippen LogP contribution in [0.1, 0.15) is 25.7 Å². The van der Waals surface area contributed by atoms with E-state index in [0.29, 0.717) is 13.1 Å². The number of nitrogens with zero attached hydrogens (tertiary/aromatic N) is 1. The molecule has 5 nitrogen and oxygen atoms in total. The van der Waals surface area contributed by atoms with Gasteiger partial charge in [-0.25, -0.2) is 0 Å². The molecule has 0 aromatic heterocycles. The van der Waals surface area contributed by atoms with Crippen molar-refractivity contribution in [2.24, 2.45) is 5.92 Å². The number of carbonyl (C=O) groups excluding carboxylic acids is 1. The number of amides is 1. The van der Waals surface area contributed by atoms with Crippen LogP contribution in [0.4, 0.5) is 0 Å². The lowest BCUT2D eigenvalue weighted by atomic mass is 9.88. The maximum Gasteiger partial charge on any atom is 0.234 e. The number of likely N-dealkylation sites (N-methyl/N-ethyl adjacent to an activating group) is 1. The van der Waals surface area contributed by atoms with Crippen molar-refractivity contribution in [1.29, 1.82) is 0 Å². The Morgan fingerprint density at radius 2 is 1.86 bits per heavy atom. The molecule has 2 N–H and O–H groups in total. The van der Waals surface area contributed by atoms with E-state index in [2.05, 4.69) is 29.6 Å². The van der Waals surface area contributed by atoms with E-state index in [1.165, 1.54) is 12.8 Å². The Hall–Kier alpha value is -0.0700. The van der Waals surface area contributed by atoms with Gasteiger partial charge in [-0.2, -0.15) is 0 Å². The number of carbonyl (C=O) groups is 1. The molecule has 2 rings (SSSR count). The second kappa shape index (κ2) is 9.85. The van der Waals surface area contributed by atoms with Gasteiger partial charge in [-0.3, -0.25) is 4.79 Å². The van der Waals surface area contributed by atoms with Crippen LogP contribution >= 0.6 is 24.8 Å². The number of hydrogen-bond donors (Lipinski definition) is 2. The second-order valence-corrected chi connectivity index (χ2v) is 6.08. The van der Waals surface area contributed by atoms with Crippen molar-refractivity contribution in [1.82, 2.24) is 15.5 Å². The van der Waals surface area contributed by atoms with E-state index in [1.54, 1.807) is 0 Å². The number of nitrogens with one attached hydrogen (secondary N) is 2. The van der Waals surface area contributed by atoms with Crippen molar-refractivity contribution in [3.63, 3.8) is 0 Å². The van der Waals surface area contributed by atoms with Gasteiger partial charge in [0, 0.05) is 25.3 Å². The Kier molecular flexibility index (Phi) is 9.81. The summed E-state index contributed by atoms with van der Waals surface area (Å²) in [4.78, 5) is 14.1. The van der Waals surface area contributed by atoms with Gasteiger partial charge in [0.2, 0.25) is 5.91 Å². The lowest BCUT2D eigenvalue weighted by molar-refractivity contribution is -0.121. The van der Waals surface area contributed by atoms with Crippen LogP contribution in [0.25, 0.3) is 0 Å². The molecular weight excluding hydrogens is 313 g/mol. The number of hydrogen-bond acceptors (Lipinski definition) is 4. The van der Waals surface area contributed by atoms with Gasteiger partial charge in [-0.15, -0.1) is 24.8 Å². The molecule has 1 heterocycles. The summed E-state index contributed by atoms with van der Waals surface area (Å²) in [5, 5.41) is 6.30. The number of ether oxygens (including phenoxy) is 1. The largest absolute Gasteiger partial charge is 0.381 e. The fourth-order valence-corrected chi connectivity index (χ4v) is 2.57. The third-order valence-corrected chi connectivity index (χ3v) is 4.40. The molecule has 126 valence electrons. The molecule has 1 saturated heterocycles. The lowest BCUT2D eigenvalue weighted by Gasteiger charge is -2.42. The summed E-state index contributed by atoms with van der Waals surface area (Å²) in [6, 6.07) is 0. The van der Waals surface area contributed by atoms with Crippen LogP contribution in [-0.2, 0) is 9.53 Å². The van der Waals surface area contributed by atoms with Crippen LogP contribution in [-0.4, -0.2) is 63.3 Å². The van der Waals surface area contributed by atoms with E-state index < -0.39 is 0 Å². The van der Waals surface area contributed by atoms with Gasteiger partial charge in [0.25, 0.3) is 0 Å². The fourth-order valence-electron chi connectivity index (χ4n) is 2.57. The zero-order chi connectivity index (χ0) is 13.7. The first-order valence-corrected chi connectivity index (χ1v) is 7.35. The lowest BCUT2D eigenvalue weighted by Crippen LogP contribution is -2.56. The van der Waals surface area contributed by atoms with Gasteiger partial charge in [0.1, 0.15) is 0 Å². The molecule has 1 aliphatic carbocycles. The highest BCUT2D eigenvalue weighted by Crippen LogP contribution is 2.27. The molecular formula is C14H29Cl2N3O2. The monoisotopic (exact) mass is 341 g/mol. The van der Waals surface area contributed by atoms with Gasteiger partial charge >= 0.3 is 0 Å². The predicted molar refractivity (Wildman–Crippen MR) is 89.6 cm³/mol. The normalized spacial score (nSPS) is 20.3. The Balaban J connectivity index is 0.00000200. The summed E-state index contributed by atoms with van der Waals surface area (Å²) in [5.41, 5.74) is 0.0599. The van der Waals surface area contributed by atoms with E-state index >= 15 is 0 Å². The zero-order valence-corrected chi connectivity index (χ0v) is 14.7. The summed E-state index contributed by atoms with van der Waals surface area (Å²) in [7, 11) is 4.17. The van der Waals surface area contributed by atoms with Gasteiger partial charge in [0.15, 0.2) is 0 Å².